The SMILES string of the molecule is CCCC(=O)Nc1csc(-c2cncc(-c3ccc(C(=O)Nc4nn[nH]n4)c(OC)c3)n2)c1. The van der Waals surface area contributed by atoms with Crippen molar-refractivity contribution in [2.45, 2.75) is 19.8 Å². The van der Waals surface area contributed by atoms with Crippen molar-refractivity contribution in [1.29, 1.82) is 0 Å². The van der Waals surface area contributed by atoms with Gasteiger partial charge in [0, 0.05) is 17.4 Å². The maximum Gasteiger partial charge on any atom is 0.270 e. The van der Waals surface area contributed by atoms with Crippen molar-refractivity contribution in [3.05, 3.63) is 47.6 Å². The van der Waals surface area contributed by atoms with Gasteiger partial charge >= 0.3 is 0 Å². The fourth-order valence-corrected chi connectivity index (χ4v) is 3.83. The molecule has 0 unspecified atom stereocenters. The first-order valence-corrected chi connectivity index (χ1v) is 10.9. The summed E-state index contributed by atoms with van der Waals surface area (Å²) in [4.78, 5) is 34.2. The largest absolute Gasteiger partial charge is 0.496 e. The summed E-state index contributed by atoms with van der Waals surface area (Å²) in [7, 11) is 1.48. The highest BCUT2D eigenvalue weighted by Crippen LogP contribution is 2.31. The van der Waals surface area contributed by atoms with Gasteiger partial charge in [-0.05, 0) is 29.8 Å². The highest BCUT2D eigenvalue weighted by Gasteiger charge is 2.16. The van der Waals surface area contributed by atoms with E-state index in [-0.39, 0.29) is 11.9 Å². The Morgan fingerprint density at radius 3 is 2.76 bits per heavy atom. The zero-order valence-corrected chi connectivity index (χ0v) is 18.6. The van der Waals surface area contributed by atoms with Gasteiger partial charge in [-0.2, -0.15) is 5.21 Å². The Morgan fingerprint density at radius 2 is 2.00 bits per heavy atom. The van der Waals surface area contributed by atoms with Gasteiger partial charge in [0.05, 0.1) is 47.0 Å². The van der Waals surface area contributed by atoms with Gasteiger partial charge < -0.3 is 10.1 Å². The van der Waals surface area contributed by atoms with Crippen LogP contribution in [0, 0.1) is 0 Å². The molecule has 0 aliphatic heterocycles. The molecular weight excluding hydrogens is 444 g/mol. The lowest BCUT2D eigenvalue weighted by atomic mass is 10.1. The van der Waals surface area contributed by atoms with E-state index in [1.54, 1.807) is 30.6 Å². The lowest BCUT2D eigenvalue weighted by Gasteiger charge is -2.10. The van der Waals surface area contributed by atoms with Crippen LogP contribution in [0.4, 0.5) is 11.6 Å². The fourth-order valence-electron chi connectivity index (χ4n) is 3.03. The summed E-state index contributed by atoms with van der Waals surface area (Å²) >= 11 is 1.47. The molecule has 0 saturated carbocycles. The molecule has 11 nitrogen and oxygen atoms in total. The van der Waals surface area contributed by atoms with Crippen LogP contribution in [-0.2, 0) is 4.79 Å². The first-order valence-electron chi connectivity index (χ1n) is 10.0. The monoisotopic (exact) mass is 464 g/mol. The summed E-state index contributed by atoms with van der Waals surface area (Å²) in [5.74, 6) is -0.0308. The molecular formula is C21H20N8O3S. The second-order valence-electron chi connectivity index (χ2n) is 6.89. The molecule has 3 heterocycles. The molecule has 2 amide bonds. The maximum absolute atomic E-state index is 12.5. The van der Waals surface area contributed by atoms with E-state index in [1.807, 2.05) is 18.4 Å². The van der Waals surface area contributed by atoms with E-state index in [2.05, 4.69) is 36.2 Å². The maximum atomic E-state index is 12.5. The predicted octanol–water partition coefficient (Wildman–Crippen LogP) is 3.38. The molecule has 0 saturated heterocycles. The van der Waals surface area contributed by atoms with Crippen molar-refractivity contribution >= 4 is 34.8 Å². The van der Waals surface area contributed by atoms with E-state index < -0.39 is 5.91 Å². The molecule has 0 bridgehead atoms. The van der Waals surface area contributed by atoms with Crippen molar-refractivity contribution in [1.82, 2.24) is 30.6 Å². The molecule has 0 radical (unpaired) electrons. The molecule has 12 heteroatoms. The minimum Gasteiger partial charge on any atom is -0.496 e. The van der Waals surface area contributed by atoms with Crippen molar-refractivity contribution < 1.29 is 14.3 Å². The molecule has 0 fully saturated rings. The van der Waals surface area contributed by atoms with E-state index in [0.29, 0.717) is 29.1 Å². The molecule has 0 aliphatic rings. The van der Waals surface area contributed by atoms with Crippen LogP contribution in [0.5, 0.6) is 5.75 Å². The normalized spacial score (nSPS) is 10.6. The summed E-state index contributed by atoms with van der Waals surface area (Å²) in [6.45, 7) is 1.96. The van der Waals surface area contributed by atoms with E-state index >= 15 is 0 Å². The Kier molecular flexibility index (Phi) is 6.64. The number of methoxy groups -OCH3 is 1. The molecule has 0 atom stereocenters. The van der Waals surface area contributed by atoms with Gasteiger partial charge in [-0.1, -0.05) is 18.1 Å². The number of hydrogen-bond donors (Lipinski definition) is 3. The first-order chi connectivity index (χ1) is 16.1. The number of thiophene rings is 1. The zero-order chi connectivity index (χ0) is 23.2. The number of nitrogens with one attached hydrogen (secondary N) is 3. The number of carbonyl (C=O) groups is 2. The lowest BCUT2D eigenvalue weighted by molar-refractivity contribution is -0.116. The molecule has 4 aromatic rings. The van der Waals surface area contributed by atoms with E-state index in [1.165, 1.54) is 18.4 Å². The number of nitrogens with zero attached hydrogens (tertiary/aromatic N) is 5. The number of carbonyl (C=O) groups excluding carboxylic acids is 2. The lowest BCUT2D eigenvalue weighted by Crippen LogP contribution is -2.14. The fraction of sp³-hybridized carbons (Fsp3) is 0.190. The molecule has 0 spiro atoms. The van der Waals surface area contributed by atoms with E-state index in [4.69, 9.17) is 9.72 Å². The van der Waals surface area contributed by atoms with Crippen molar-refractivity contribution in [2.24, 2.45) is 0 Å². The van der Waals surface area contributed by atoms with Crippen LogP contribution in [0.3, 0.4) is 0 Å². The second kappa shape index (κ2) is 9.96. The van der Waals surface area contributed by atoms with Crippen LogP contribution >= 0.6 is 11.3 Å². The number of anilines is 2. The van der Waals surface area contributed by atoms with Crippen molar-refractivity contribution in [3.63, 3.8) is 0 Å². The molecule has 0 aliphatic carbocycles. The topological polar surface area (TPSA) is 148 Å². The van der Waals surface area contributed by atoms with Crippen LogP contribution in [-0.4, -0.2) is 49.5 Å². The average Bonchev–Trinajstić information content (AvgIpc) is 3.51. The van der Waals surface area contributed by atoms with Gasteiger partial charge in [-0.15, -0.1) is 16.4 Å². The molecule has 3 aromatic heterocycles. The Balaban J connectivity index is 1.56. The summed E-state index contributed by atoms with van der Waals surface area (Å²) < 4.78 is 5.41. The Morgan fingerprint density at radius 1 is 1.15 bits per heavy atom. The van der Waals surface area contributed by atoms with Gasteiger partial charge in [0.25, 0.3) is 11.9 Å². The Hall–Kier alpha value is -4.19. The summed E-state index contributed by atoms with van der Waals surface area (Å²) in [6.07, 6.45) is 4.56. The highest BCUT2D eigenvalue weighted by atomic mass is 32.1. The Labute approximate surface area is 192 Å². The third-order valence-electron chi connectivity index (χ3n) is 4.56. The van der Waals surface area contributed by atoms with Crippen molar-refractivity contribution in [2.75, 3.05) is 17.7 Å². The predicted molar refractivity (Wildman–Crippen MR) is 123 cm³/mol. The number of aromatic nitrogens is 6. The van der Waals surface area contributed by atoms with Crippen LogP contribution in [0.2, 0.25) is 0 Å². The third-order valence-corrected chi connectivity index (χ3v) is 5.51. The van der Waals surface area contributed by atoms with Gasteiger partial charge in [-0.25, -0.2) is 4.98 Å². The highest BCUT2D eigenvalue weighted by molar-refractivity contribution is 7.14. The van der Waals surface area contributed by atoms with Crippen LogP contribution < -0.4 is 15.4 Å². The summed E-state index contributed by atoms with van der Waals surface area (Å²) in [6, 6.07) is 6.97. The number of benzene rings is 1. The van der Waals surface area contributed by atoms with Gasteiger partial charge in [0.15, 0.2) is 0 Å². The van der Waals surface area contributed by atoms with Crippen LogP contribution in [0.15, 0.2) is 42.0 Å². The van der Waals surface area contributed by atoms with Gasteiger partial charge in [0.2, 0.25) is 5.91 Å². The van der Waals surface area contributed by atoms with Crippen LogP contribution in [0.1, 0.15) is 30.1 Å². The molecule has 168 valence electrons. The van der Waals surface area contributed by atoms with Gasteiger partial charge in [0.1, 0.15) is 5.75 Å². The number of amides is 2. The minimum atomic E-state index is -0.434. The average molecular weight is 465 g/mol. The molecule has 4 rings (SSSR count). The quantitative estimate of drug-likeness (QED) is 0.359. The minimum absolute atomic E-state index is 0.0164. The van der Waals surface area contributed by atoms with Crippen molar-refractivity contribution in [3.8, 4) is 27.6 Å². The molecule has 1 aromatic carbocycles. The summed E-state index contributed by atoms with van der Waals surface area (Å²) in [5, 5.41) is 20.4. The smallest absolute Gasteiger partial charge is 0.270 e. The van der Waals surface area contributed by atoms with Gasteiger partial charge in [-0.3, -0.25) is 19.9 Å². The third kappa shape index (κ3) is 5.18. The van der Waals surface area contributed by atoms with E-state index in [9.17, 15) is 9.59 Å². The first kappa shape index (κ1) is 22.0. The second-order valence-corrected chi connectivity index (χ2v) is 7.80. The number of ether oxygens (including phenoxy) is 1. The molecule has 33 heavy (non-hydrogen) atoms. The van der Waals surface area contributed by atoms with Crippen LogP contribution in [0.25, 0.3) is 21.8 Å². The summed E-state index contributed by atoms with van der Waals surface area (Å²) in [5.41, 5.74) is 3.05. The number of H-pyrrole nitrogens is 1. The number of aromatic amines is 1. The standard InChI is InChI=1S/C21H20N8O3S/c1-3-4-19(30)23-13-8-18(33-11-13)16-10-22-9-15(24-16)12-5-6-14(17(7-12)32-2)20(31)25-21-26-28-29-27-21/h5-11H,3-4H2,1-2H3,(H,23,30)(H2,25,26,27,28,29,31). The zero-order valence-electron chi connectivity index (χ0n) is 17.8. The number of hydrogen-bond acceptors (Lipinski definition) is 9. The number of rotatable bonds is 8. The number of tetrazole rings is 1. The Bertz CT molecular complexity index is 1270. The molecule has 3 N–H and O–H groups in total. The van der Waals surface area contributed by atoms with E-state index in [0.717, 1.165) is 22.5 Å².